The van der Waals surface area contributed by atoms with Crippen LogP contribution in [0.5, 0.6) is 0 Å². The zero-order valence-electron chi connectivity index (χ0n) is 23.9. The van der Waals surface area contributed by atoms with Crippen LogP contribution in [0.1, 0.15) is 90.4 Å². The number of carbonyl (C=O) groups is 2. The molecule has 0 aromatic rings. The number of halogens is 2. The minimum atomic E-state index is -0.195. The molecule has 0 aliphatic heterocycles. The lowest BCUT2D eigenvalue weighted by Gasteiger charge is -2.24. The molecule has 0 radical (unpaired) electrons. The molecular formula is C27H56Br2N2O4. The maximum absolute atomic E-state index is 12.1. The first-order chi connectivity index (χ1) is 15.4. The van der Waals surface area contributed by atoms with Crippen LogP contribution in [0.15, 0.2) is 0 Å². The summed E-state index contributed by atoms with van der Waals surface area (Å²) < 4.78 is 12.1. The lowest BCUT2D eigenvalue weighted by molar-refractivity contribution is -0.862. The SMILES string of the molecule is CCCCCCCCCCCCCCC(COC(=O)C[N+](C)(C)C)COC(=O)C[N+](C)(C)C.[Br-].[Br-]. The number of quaternary nitrogens is 2. The summed E-state index contributed by atoms with van der Waals surface area (Å²) in [5.74, 6) is -0.319. The molecule has 0 aliphatic carbocycles. The number of unbranched alkanes of at least 4 members (excludes halogenated alkanes) is 11. The number of hydrogen-bond acceptors (Lipinski definition) is 4. The maximum Gasteiger partial charge on any atom is 0.361 e. The smallest absolute Gasteiger partial charge is 0.361 e. The number of rotatable bonds is 21. The summed E-state index contributed by atoms with van der Waals surface area (Å²) in [6, 6.07) is 0. The molecule has 0 aromatic carbocycles. The number of ether oxygens (including phenoxy) is 2. The molecule has 212 valence electrons. The van der Waals surface area contributed by atoms with Gasteiger partial charge in [0.15, 0.2) is 13.1 Å². The van der Waals surface area contributed by atoms with E-state index >= 15 is 0 Å². The summed E-state index contributed by atoms with van der Waals surface area (Å²) in [4.78, 5) is 24.2. The van der Waals surface area contributed by atoms with Crippen molar-refractivity contribution in [1.82, 2.24) is 0 Å². The third-order valence-corrected chi connectivity index (χ3v) is 5.63. The highest BCUT2D eigenvalue weighted by Gasteiger charge is 2.21. The Balaban J connectivity index is -0.00000512. The van der Waals surface area contributed by atoms with Gasteiger partial charge in [0, 0.05) is 5.92 Å². The molecule has 8 heteroatoms. The molecule has 0 heterocycles. The highest BCUT2D eigenvalue weighted by Crippen LogP contribution is 2.16. The monoisotopic (exact) mass is 630 g/mol. The maximum atomic E-state index is 12.1. The number of carbonyl (C=O) groups excluding carboxylic acids is 2. The van der Waals surface area contributed by atoms with E-state index in [1.54, 1.807) is 0 Å². The summed E-state index contributed by atoms with van der Waals surface area (Å²) >= 11 is 0. The highest BCUT2D eigenvalue weighted by molar-refractivity contribution is 5.71. The Hall–Kier alpha value is -0.180. The van der Waals surface area contributed by atoms with Crippen molar-refractivity contribution in [2.75, 3.05) is 68.6 Å². The Morgan fingerprint density at radius 2 is 0.886 bits per heavy atom. The van der Waals surface area contributed by atoms with Crippen molar-refractivity contribution in [1.29, 1.82) is 0 Å². The van der Waals surface area contributed by atoms with Crippen molar-refractivity contribution in [3.8, 4) is 0 Å². The summed E-state index contributed by atoms with van der Waals surface area (Å²) in [5.41, 5.74) is 0. The fourth-order valence-electron chi connectivity index (χ4n) is 3.78. The summed E-state index contributed by atoms with van der Waals surface area (Å²) in [6.45, 7) is 3.60. The van der Waals surface area contributed by atoms with Gasteiger partial charge in [-0.3, -0.25) is 0 Å². The second-order valence-corrected chi connectivity index (χ2v) is 11.8. The molecule has 0 fully saturated rings. The van der Waals surface area contributed by atoms with Crippen LogP contribution in [-0.2, 0) is 19.1 Å². The number of likely N-dealkylation sites (N-methyl/N-ethyl adjacent to an activating group) is 2. The summed E-state index contributed by atoms with van der Waals surface area (Å²) in [7, 11) is 11.8. The molecule has 0 saturated carbocycles. The van der Waals surface area contributed by atoms with Gasteiger partial charge in [0.05, 0.1) is 55.5 Å². The molecule has 0 aromatic heterocycles. The Morgan fingerprint density at radius 1 is 0.571 bits per heavy atom. The van der Waals surface area contributed by atoms with Crippen LogP contribution in [0.3, 0.4) is 0 Å². The average Bonchev–Trinajstić information content (AvgIpc) is 2.67. The van der Waals surface area contributed by atoms with Gasteiger partial charge in [0.25, 0.3) is 0 Å². The van der Waals surface area contributed by atoms with Crippen molar-refractivity contribution in [2.24, 2.45) is 5.92 Å². The highest BCUT2D eigenvalue weighted by atomic mass is 79.9. The van der Waals surface area contributed by atoms with Gasteiger partial charge in [0.1, 0.15) is 0 Å². The van der Waals surface area contributed by atoms with Gasteiger partial charge in [-0.15, -0.1) is 0 Å². The van der Waals surface area contributed by atoms with Crippen LogP contribution in [0.4, 0.5) is 0 Å². The topological polar surface area (TPSA) is 52.6 Å². The van der Waals surface area contributed by atoms with Crippen LogP contribution in [0.25, 0.3) is 0 Å². The van der Waals surface area contributed by atoms with Gasteiger partial charge in [-0.05, 0) is 6.42 Å². The minimum Gasteiger partial charge on any atom is -1.00 e. The van der Waals surface area contributed by atoms with Gasteiger partial charge < -0.3 is 52.4 Å². The van der Waals surface area contributed by atoms with E-state index in [9.17, 15) is 9.59 Å². The molecule has 0 unspecified atom stereocenters. The van der Waals surface area contributed by atoms with Crippen molar-refractivity contribution in [2.45, 2.75) is 90.4 Å². The fourth-order valence-corrected chi connectivity index (χ4v) is 3.78. The van der Waals surface area contributed by atoms with Crippen molar-refractivity contribution < 1.29 is 62.0 Å². The lowest BCUT2D eigenvalue weighted by Crippen LogP contribution is -3.00. The van der Waals surface area contributed by atoms with Crippen LogP contribution in [0.2, 0.25) is 0 Å². The van der Waals surface area contributed by atoms with Crippen molar-refractivity contribution in [3.05, 3.63) is 0 Å². The number of esters is 2. The third-order valence-electron chi connectivity index (χ3n) is 5.63. The van der Waals surface area contributed by atoms with Crippen LogP contribution in [0, 0.1) is 5.92 Å². The molecule has 6 nitrogen and oxygen atoms in total. The molecule has 0 amide bonds. The van der Waals surface area contributed by atoms with Crippen LogP contribution in [-0.4, -0.2) is 89.5 Å². The number of nitrogens with zero attached hydrogens (tertiary/aromatic N) is 2. The van der Waals surface area contributed by atoms with E-state index in [0.717, 1.165) is 12.8 Å². The van der Waals surface area contributed by atoms with E-state index in [2.05, 4.69) is 6.92 Å². The fraction of sp³-hybridized carbons (Fsp3) is 0.926. The van der Waals surface area contributed by atoms with E-state index in [1.165, 1.54) is 70.6 Å². The zero-order valence-corrected chi connectivity index (χ0v) is 27.1. The first kappa shape index (κ1) is 39.3. The van der Waals surface area contributed by atoms with Crippen LogP contribution < -0.4 is 34.0 Å². The quantitative estimate of drug-likeness (QED) is 0.0946. The predicted molar refractivity (Wildman–Crippen MR) is 137 cm³/mol. The van der Waals surface area contributed by atoms with E-state index in [-0.39, 0.29) is 51.8 Å². The normalized spacial score (nSPS) is 11.5. The third kappa shape index (κ3) is 29.9. The average molecular weight is 633 g/mol. The second kappa shape index (κ2) is 23.0. The van der Waals surface area contributed by atoms with Gasteiger partial charge >= 0.3 is 11.9 Å². The Kier molecular flexibility index (Phi) is 25.8. The first-order valence-corrected chi connectivity index (χ1v) is 13.3. The van der Waals surface area contributed by atoms with Gasteiger partial charge in [-0.1, -0.05) is 84.0 Å². The molecule has 0 atom stereocenters. The van der Waals surface area contributed by atoms with E-state index in [0.29, 0.717) is 35.3 Å². The standard InChI is InChI=1S/C27H56N2O4.2BrH/c1-8-9-10-11-12-13-14-15-16-17-18-19-20-25(23-32-26(30)21-28(2,3)4)24-33-27(31)22-29(5,6)7;;/h25H,8-24H2,1-7H3;2*1H/q+2;;/p-2. The molecule has 0 saturated heterocycles. The summed E-state index contributed by atoms with van der Waals surface area (Å²) in [5, 5.41) is 0. The molecule has 0 rings (SSSR count). The predicted octanol–water partition coefficient (Wildman–Crippen LogP) is -0.799. The Morgan fingerprint density at radius 3 is 1.20 bits per heavy atom. The minimum absolute atomic E-state index is 0. The zero-order chi connectivity index (χ0) is 25.2. The van der Waals surface area contributed by atoms with Crippen molar-refractivity contribution in [3.63, 3.8) is 0 Å². The first-order valence-electron chi connectivity index (χ1n) is 13.3. The molecule has 0 aliphatic rings. The lowest BCUT2D eigenvalue weighted by atomic mass is 10.0. The Bertz CT molecular complexity index is 488. The largest absolute Gasteiger partial charge is 1.00 e. The van der Waals surface area contributed by atoms with E-state index < -0.39 is 0 Å². The summed E-state index contributed by atoms with van der Waals surface area (Å²) in [6.07, 6.45) is 16.7. The Labute approximate surface area is 238 Å². The van der Waals surface area contributed by atoms with Crippen molar-refractivity contribution >= 4 is 11.9 Å². The van der Waals surface area contributed by atoms with Gasteiger partial charge in [0.2, 0.25) is 0 Å². The molecule has 0 N–H and O–H groups in total. The molecule has 35 heavy (non-hydrogen) atoms. The van der Waals surface area contributed by atoms with Crippen LogP contribution >= 0.6 is 0 Å². The molecular weight excluding hydrogens is 576 g/mol. The second-order valence-electron chi connectivity index (χ2n) is 11.8. The molecule has 0 bridgehead atoms. The molecule has 0 spiro atoms. The number of hydrogen-bond donors (Lipinski definition) is 0. The van der Waals surface area contributed by atoms with Gasteiger partial charge in [-0.2, -0.15) is 0 Å². The van der Waals surface area contributed by atoms with E-state index in [1.807, 2.05) is 42.3 Å². The van der Waals surface area contributed by atoms with Gasteiger partial charge in [-0.25, -0.2) is 9.59 Å². The van der Waals surface area contributed by atoms with E-state index in [4.69, 9.17) is 9.47 Å².